The Morgan fingerprint density at radius 1 is 1.00 bits per heavy atom. The second-order valence-corrected chi connectivity index (χ2v) is 11.7. The first-order valence-electron chi connectivity index (χ1n) is 9.30. The number of ketones is 1. The molecule has 0 heterocycles. The van der Waals surface area contributed by atoms with Crippen LogP contribution in [0.3, 0.4) is 0 Å². The van der Waals surface area contributed by atoms with E-state index in [2.05, 4.69) is 3.77 Å². The summed E-state index contributed by atoms with van der Waals surface area (Å²) in [7, 11) is -7.25. The molecule has 1 aliphatic rings. The lowest BCUT2D eigenvalue weighted by Crippen LogP contribution is -2.27. The summed E-state index contributed by atoms with van der Waals surface area (Å²) in [6.45, 7) is 1.86. The highest BCUT2D eigenvalue weighted by Gasteiger charge is 2.35. The summed E-state index contributed by atoms with van der Waals surface area (Å²) in [5, 5.41) is -0.613. The molecular weight excluding hydrogens is 394 g/mol. The van der Waals surface area contributed by atoms with Gasteiger partial charge in [-0.1, -0.05) is 48.0 Å². The normalized spacial score (nSPS) is 20.9. The zero-order valence-electron chi connectivity index (χ0n) is 16.1. The summed E-state index contributed by atoms with van der Waals surface area (Å²) in [4.78, 5) is 12.1. The number of benzene rings is 2. The number of carbonyl (C=O) groups is 1. The van der Waals surface area contributed by atoms with Crippen LogP contribution in [-0.4, -0.2) is 24.7 Å². The van der Waals surface area contributed by atoms with Crippen molar-refractivity contribution in [2.24, 2.45) is 9.69 Å². The number of Topliss-reactive ketones (excluding diaryl/α,β-unsaturated/α-hetero) is 1. The van der Waals surface area contributed by atoms with Crippen LogP contribution in [0.2, 0.25) is 0 Å². The molecule has 150 valence electrons. The van der Waals surface area contributed by atoms with Gasteiger partial charge in [0.2, 0.25) is 0 Å². The Balaban J connectivity index is 2.09. The van der Waals surface area contributed by atoms with Crippen molar-refractivity contribution in [3.05, 3.63) is 65.7 Å². The third kappa shape index (κ3) is 4.70. The van der Waals surface area contributed by atoms with Gasteiger partial charge in [0.1, 0.15) is 5.78 Å². The molecule has 0 aromatic heterocycles. The van der Waals surface area contributed by atoms with Gasteiger partial charge < -0.3 is 0 Å². The smallest absolute Gasteiger partial charge is 0.290 e. The minimum atomic E-state index is -4.08. The SMILES string of the molecule is Cc1ccc(S(=O)(=O)N=S(C)(=O)[C@H](c2ccccc2)[C@H]2CCCC(=O)C2)cc1. The van der Waals surface area contributed by atoms with Crippen LogP contribution in [0.5, 0.6) is 0 Å². The monoisotopic (exact) mass is 419 g/mol. The molecule has 0 spiro atoms. The van der Waals surface area contributed by atoms with Crippen molar-refractivity contribution in [2.75, 3.05) is 6.26 Å². The molecule has 3 atom stereocenters. The number of sulfonamides is 1. The van der Waals surface area contributed by atoms with E-state index in [1.165, 1.54) is 18.4 Å². The molecule has 0 amide bonds. The van der Waals surface area contributed by atoms with Crippen molar-refractivity contribution < 1.29 is 17.4 Å². The van der Waals surface area contributed by atoms with Gasteiger partial charge in [-0.15, -0.1) is 3.77 Å². The van der Waals surface area contributed by atoms with E-state index in [-0.39, 0.29) is 16.6 Å². The minimum Gasteiger partial charge on any atom is -0.300 e. The lowest BCUT2D eigenvalue weighted by Gasteiger charge is -2.30. The second-order valence-electron chi connectivity index (χ2n) is 7.45. The van der Waals surface area contributed by atoms with Gasteiger partial charge in [0.15, 0.2) is 0 Å². The van der Waals surface area contributed by atoms with E-state index in [1.54, 1.807) is 12.1 Å². The molecule has 0 N–H and O–H groups in total. The number of carbonyl (C=O) groups excluding carboxylic acids is 1. The fourth-order valence-electron chi connectivity index (χ4n) is 3.84. The van der Waals surface area contributed by atoms with Gasteiger partial charge in [0.05, 0.1) is 19.9 Å². The average molecular weight is 420 g/mol. The van der Waals surface area contributed by atoms with E-state index < -0.39 is 25.0 Å². The zero-order chi connectivity index (χ0) is 20.4. The van der Waals surface area contributed by atoms with Crippen molar-refractivity contribution >= 4 is 25.5 Å². The van der Waals surface area contributed by atoms with Crippen LogP contribution >= 0.6 is 0 Å². The van der Waals surface area contributed by atoms with E-state index in [0.717, 1.165) is 24.0 Å². The van der Waals surface area contributed by atoms with Crippen LogP contribution in [0, 0.1) is 12.8 Å². The summed E-state index contributed by atoms with van der Waals surface area (Å²) >= 11 is 0. The number of nitrogens with zero attached hydrogens (tertiary/aromatic N) is 1. The van der Waals surface area contributed by atoms with Crippen LogP contribution in [0.4, 0.5) is 0 Å². The Morgan fingerprint density at radius 3 is 2.25 bits per heavy atom. The van der Waals surface area contributed by atoms with Crippen LogP contribution in [-0.2, 0) is 24.5 Å². The Morgan fingerprint density at radius 2 is 1.64 bits per heavy atom. The highest BCUT2D eigenvalue weighted by molar-refractivity contribution is 8.03. The molecule has 0 saturated heterocycles. The fourth-order valence-corrected chi connectivity index (χ4v) is 8.20. The van der Waals surface area contributed by atoms with Gasteiger partial charge in [-0.25, -0.2) is 4.21 Å². The van der Waals surface area contributed by atoms with Crippen LogP contribution in [0.25, 0.3) is 0 Å². The first kappa shape index (κ1) is 20.7. The third-order valence-electron chi connectivity index (χ3n) is 5.11. The van der Waals surface area contributed by atoms with Gasteiger partial charge >= 0.3 is 0 Å². The standard InChI is InChI=1S/C21H25NO4S2/c1-16-11-13-20(14-12-16)28(25,26)22-27(2,24)21(17-7-4-3-5-8-17)18-9-6-10-19(23)15-18/h3-5,7-8,11-14,18,21H,6,9-10,15H2,1-2H3/t18-,21+,27?/m0/s1. The molecule has 2 aromatic rings. The number of rotatable bonds is 5. The number of hydrogen-bond acceptors (Lipinski definition) is 4. The highest BCUT2D eigenvalue weighted by Crippen LogP contribution is 2.39. The van der Waals surface area contributed by atoms with Crippen LogP contribution in [0.15, 0.2) is 63.3 Å². The van der Waals surface area contributed by atoms with Gasteiger partial charge in [-0.05, 0) is 43.4 Å². The lowest BCUT2D eigenvalue weighted by molar-refractivity contribution is -0.121. The van der Waals surface area contributed by atoms with Crippen molar-refractivity contribution in [1.29, 1.82) is 0 Å². The molecule has 28 heavy (non-hydrogen) atoms. The molecule has 0 bridgehead atoms. The zero-order valence-corrected chi connectivity index (χ0v) is 17.7. The second kappa shape index (κ2) is 8.17. The molecule has 0 aliphatic heterocycles. The van der Waals surface area contributed by atoms with E-state index in [9.17, 15) is 17.4 Å². The van der Waals surface area contributed by atoms with Gasteiger partial charge in [-0.3, -0.25) is 4.79 Å². The molecule has 2 aromatic carbocycles. The van der Waals surface area contributed by atoms with Gasteiger partial charge in [0, 0.05) is 19.1 Å². The molecule has 1 aliphatic carbocycles. The summed E-state index contributed by atoms with van der Waals surface area (Å²) in [6.07, 6.45) is 3.70. The van der Waals surface area contributed by atoms with Gasteiger partial charge in [-0.2, -0.15) is 8.42 Å². The van der Waals surface area contributed by atoms with Crippen LogP contribution in [0.1, 0.15) is 42.1 Å². The largest absolute Gasteiger partial charge is 0.300 e. The van der Waals surface area contributed by atoms with Gasteiger partial charge in [0.25, 0.3) is 10.0 Å². The maximum Gasteiger partial charge on any atom is 0.290 e. The average Bonchev–Trinajstić information content (AvgIpc) is 2.62. The first-order chi connectivity index (χ1) is 13.2. The van der Waals surface area contributed by atoms with E-state index >= 15 is 0 Å². The predicted octanol–water partition coefficient (Wildman–Crippen LogP) is 4.28. The Hall–Kier alpha value is -1.99. The highest BCUT2D eigenvalue weighted by atomic mass is 32.3. The molecule has 1 fully saturated rings. The molecule has 7 heteroatoms. The number of aryl methyl sites for hydroxylation is 1. The first-order valence-corrected chi connectivity index (χ1v) is 12.7. The summed E-state index contributed by atoms with van der Waals surface area (Å²) in [6, 6.07) is 15.5. The Labute approximate surface area is 167 Å². The predicted molar refractivity (Wildman–Crippen MR) is 111 cm³/mol. The Bertz CT molecular complexity index is 1070. The van der Waals surface area contributed by atoms with Crippen LogP contribution < -0.4 is 0 Å². The van der Waals surface area contributed by atoms with E-state index in [4.69, 9.17) is 0 Å². The Kier molecular flexibility index (Phi) is 6.05. The summed E-state index contributed by atoms with van der Waals surface area (Å²) in [5.74, 6) is -0.0492. The maximum atomic E-state index is 13.7. The molecule has 1 saturated carbocycles. The fraction of sp³-hybridized carbons (Fsp3) is 0.381. The van der Waals surface area contributed by atoms with E-state index in [0.29, 0.717) is 12.8 Å². The van der Waals surface area contributed by atoms with E-state index in [1.807, 2.05) is 37.3 Å². The molecule has 0 radical (unpaired) electrons. The summed E-state index contributed by atoms with van der Waals surface area (Å²) < 4.78 is 43.3. The third-order valence-corrected chi connectivity index (χ3v) is 9.55. The molecule has 5 nitrogen and oxygen atoms in total. The van der Waals surface area contributed by atoms with Crippen molar-refractivity contribution in [3.8, 4) is 0 Å². The quantitative estimate of drug-likeness (QED) is 0.724. The molecule has 3 rings (SSSR count). The number of hydrogen-bond donors (Lipinski definition) is 0. The van der Waals surface area contributed by atoms with Crippen molar-refractivity contribution in [3.63, 3.8) is 0 Å². The maximum absolute atomic E-state index is 13.7. The van der Waals surface area contributed by atoms with Crippen molar-refractivity contribution in [2.45, 2.75) is 42.8 Å². The minimum absolute atomic E-state index is 0.0270. The van der Waals surface area contributed by atoms with Crippen molar-refractivity contribution in [1.82, 2.24) is 0 Å². The molecule has 1 unspecified atom stereocenters. The lowest BCUT2D eigenvalue weighted by atomic mass is 9.84. The molecular formula is C21H25NO4S2. The topological polar surface area (TPSA) is 80.6 Å². The summed E-state index contributed by atoms with van der Waals surface area (Å²) in [5.41, 5.74) is 1.69.